The molecular weight excluding hydrogens is 595 g/mol. The van der Waals surface area contributed by atoms with Crippen LogP contribution in [0.5, 0.6) is 5.75 Å². The van der Waals surface area contributed by atoms with E-state index in [0.717, 1.165) is 5.69 Å². The Morgan fingerprint density at radius 1 is 0.903 bits per heavy atom. The third-order valence-corrected chi connectivity index (χ3v) is 3.43. The summed E-state index contributed by atoms with van der Waals surface area (Å²) >= 11 is 9.27. The first-order valence-electron chi connectivity index (χ1n) is 8.89. The van der Waals surface area contributed by atoms with Crippen LogP contribution in [-0.4, -0.2) is 9.43 Å². The average Bonchev–Trinajstić information content (AvgIpc) is 3.51. The van der Waals surface area contributed by atoms with Crippen LogP contribution < -0.4 is 16.3 Å². The van der Waals surface area contributed by atoms with Crippen LogP contribution in [-0.2, 0) is 38.5 Å². The molecule has 0 saturated heterocycles. The van der Waals surface area contributed by atoms with Crippen LogP contribution in [0.4, 0.5) is 5.69 Å². The minimum absolute atomic E-state index is 0. The van der Waals surface area contributed by atoms with Crippen LogP contribution in [0.3, 0.4) is 0 Å². The largest absolute Gasteiger partial charge is 0.502 e. The molecule has 0 amide bonds. The molecule has 5 nitrogen and oxygen atoms in total. The van der Waals surface area contributed by atoms with Gasteiger partial charge in [-0.2, -0.15) is 0 Å². The third kappa shape index (κ3) is 16.1. The Morgan fingerprint density at radius 3 is 1.71 bits per heavy atom. The fourth-order valence-electron chi connectivity index (χ4n) is 1.79. The topological polar surface area (TPSA) is 74.5 Å². The van der Waals surface area contributed by atoms with Gasteiger partial charge in [0.05, 0.1) is 12.0 Å². The molecule has 3 N–H and O–H groups in total. The van der Waals surface area contributed by atoms with Crippen LogP contribution in [0.1, 0.15) is 5.76 Å². The van der Waals surface area contributed by atoms with E-state index in [4.69, 9.17) is 5.11 Å². The van der Waals surface area contributed by atoms with Crippen molar-refractivity contribution in [2.24, 2.45) is 0 Å². The van der Waals surface area contributed by atoms with Crippen molar-refractivity contribution in [3.8, 4) is 5.75 Å². The molecule has 2 fully saturated rings. The normalized spacial score (nSPS) is 13.6. The Bertz CT molecular complexity index is 740. The first-order chi connectivity index (χ1) is 14.5. The Balaban J connectivity index is 0.000000403. The molecule has 2 aromatic rings. The SMILES string of the molecule is Cc1occc(=O)c1O.S=C([S-])NNc1ccccc1.[CH]1[CH][CH][CH][CH]1.[CH]1[CH][CH][CH][CH]1.[Hf]. The molecule has 1 aromatic carbocycles. The molecule has 31 heavy (non-hydrogen) atoms. The minimum atomic E-state index is -0.404. The molecule has 8 heteroatoms. The molecule has 160 valence electrons. The summed E-state index contributed by atoms with van der Waals surface area (Å²) in [6.45, 7) is 1.52. The van der Waals surface area contributed by atoms with Gasteiger partial charge in [0.15, 0.2) is 0 Å². The number of thiocarbonyl (C=S) groups is 1. The summed E-state index contributed by atoms with van der Waals surface area (Å²) in [6, 6.07) is 10.8. The number of hydrazine groups is 1. The van der Waals surface area contributed by atoms with E-state index in [1.807, 2.05) is 94.5 Å². The number of benzene rings is 1. The molecule has 0 spiro atoms. The summed E-state index contributed by atoms with van der Waals surface area (Å²) in [5.41, 5.74) is 6.05. The molecule has 1 aromatic heterocycles. The number of anilines is 1. The Hall–Kier alpha value is -1.25. The van der Waals surface area contributed by atoms with Crippen molar-refractivity contribution in [1.29, 1.82) is 0 Å². The second-order valence-electron chi connectivity index (χ2n) is 5.52. The molecule has 0 atom stereocenters. The van der Waals surface area contributed by atoms with Crippen LogP contribution in [0.15, 0.2) is 51.9 Å². The van der Waals surface area contributed by atoms with Gasteiger partial charge >= 0.3 is 0 Å². The molecule has 1 heterocycles. The molecule has 0 unspecified atom stereocenters. The monoisotopic (exact) mass is 619 g/mol. The van der Waals surface area contributed by atoms with Gasteiger partial charge in [-0.15, -0.1) is 0 Å². The molecule has 2 aliphatic carbocycles. The molecule has 2 saturated carbocycles. The summed E-state index contributed by atoms with van der Waals surface area (Å²) in [7, 11) is 0. The molecular formula is C23H23HfN2O3S2-. The quantitative estimate of drug-likeness (QED) is 0.203. The van der Waals surface area contributed by atoms with E-state index in [0.29, 0.717) is 4.32 Å². The number of aryl methyl sites for hydroxylation is 1. The van der Waals surface area contributed by atoms with Crippen LogP contribution in [0.2, 0.25) is 0 Å². The number of para-hydroxylation sites is 1. The minimum Gasteiger partial charge on any atom is -0.502 e. The number of hydrogen-bond acceptors (Lipinski definition) is 6. The summed E-state index contributed by atoms with van der Waals surface area (Å²) in [5.74, 6) is -0.0556. The van der Waals surface area contributed by atoms with E-state index in [1.54, 1.807) is 0 Å². The molecule has 0 bridgehead atoms. The van der Waals surface area contributed by atoms with Gasteiger partial charge in [-0.05, 0) is 87.6 Å². The van der Waals surface area contributed by atoms with E-state index < -0.39 is 5.43 Å². The van der Waals surface area contributed by atoms with E-state index >= 15 is 0 Å². The van der Waals surface area contributed by atoms with Gasteiger partial charge in [0.2, 0.25) is 11.2 Å². The van der Waals surface area contributed by atoms with E-state index in [2.05, 4.69) is 40.1 Å². The molecule has 0 aliphatic heterocycles. The second-order valence-corrected chi connectivity index (χ2v) is 6.59. The number of aromatic hydroxyl groups is 1. The van der Waals surface area contributed by atoms with Crippen LogP contribution in [0.25, 0.3) is 0 Å². The maximum Gasteiger partial charge on any atom is 0.226 e. The van der Waals surface area contributed by atoms with Gasteiger partial charge in [0.1, 0.15) is 5.76 Å². The molecule has 2 aliphatic rings. The number of hydrogen-bond donors (Lipinski definition) is 3. The fraction of sp³-hybridized carbons (Fsp3) is 0.0435. The standard InChI is InChI=1S/C7H8N2S2.C6H6O3.2C5H5.Hf/c10-7(11)9-8-6-4-2-1-3-5-6;1-4-6(8)5(7)2-3-9-4;2*1-2-4-5-3-1;/h1-5,8H,(H2,9,10,11);2-3,8H,1H3;2*1-5H;/p-1. The summed E-state index contributed by atoms with van der Waals surface area (Å²) < 4.78 is 5.00. The molecule has 4 rings (SSSR count). The Kier molecular flexibility index (Phi) is 18.7. The van der Waals surface area contributed by atoms with Crippen molar-refractivity contribution < 1.29 is 35.4 Å². The summed E-state index contributed by atoms with van der Waals surface area (Å²) in [4.78, 5) is 10.5. The smallest absolute Gasteiger partial charge is 0.226 e. The van der Waals surface area contributed by atoms with E-state index in [-0.39, 0.29) is 37.4 Å². The molecule has 10 radical (unpaired) electrons. The van der Waals surface area contributed by atoms with E-state index in [9.17, 15) is 4.79 Å². The van der Waals surface area contributed by atoms with Crippen molar-refractivity contribution in [3.05, 3.63) is 123 Å². The second kappa shape index (κ2) is 19.4. The van der Waals surface area contributed by atoms with Crippen molar-refractivity contribution in [1.82, 2.24) is 5.43 Å². The van der Waals surface area contributed by atoms with Crippen molar-refractivity contribution in [3.63, 3.8) is 0 Å². The predicted octanol–water partition coefficient (Wildman–Crippen LogP) is 4.13. The first kappa shape index (κ1) is 29.8. The maximum atomic E-state index is 10.5. The summed E-state index contributed by atoms with van der Waals surface area (Å²) in [6.07, 6.45) is 21.2. The van der Waals surface area contributed by atoms with Crippen molar-refractivity contribution >= 4 is 34.9 Å². The van der Waals surface area contributed by atoms with Crippen LogP contribution in [0, 0.1) is 71.1 Å². The zero-order valence-electron chi connectivity index (χ0n) is 16.9. The van der Waals surface area contributed by atoms with Gasteiger partial charge in [0.25, 0.3) is 0 Å². The third-order valence-electron chi connectivity index (χ3n) is 3.22. The number of rotatable bonds is 2. The first-order valence-corrected chi connectivity index (χ1v) is 9.71. The maximum absolute atomic E-state index is 10.5. The van der Waals surface area contributed by atoms with Gasteiger partial charge in [-0.3, -0.25) is 4.79 Å². The Labute approximate surface area is 215 Å². The van der Waals surface area contributed by atoms with Gasteiger partial charge in [0, 0.05) is 31.9 Å². The van der Waals surface area contributed by atoms with Gasteiger partial charge < -0.3 is 45.2 Å². The Morgan fingerprint density at radius 2 is 1.35 bits per heavy atom. The van der Waals surface area contributed by atoms with Crippen LogP contribution >= 0.6 is 12.2 Å². The zero-order chi connectivity index (χ0) is 22.0. The fourth-order valence-corrected chi connectivity index (χ4v) is 1.89. The van der Waals surface area contributed by atoms with Gasteiger partial charge in [-0.1, -0.05) is 18.2 Å². The zero-order valence-corrected chi connectivity index (χ0v) is 22.1. The predicted molar refractivity (Wildman–Crippen MR) is 128 cm³/mol. The van der Waals surface area contributed by atoms with Crippen molar-refractivity contribution in [2.75, 3.05) is 5.43 Å². The van der Waals surface area contributed by atoms with Crippen molar-refractivity contribution in [2.45, 2.75) is 6.92 Å². The van der Waals surface area contributed by atoms with Gasteiger partial charge in [-0.25, -0.2) is 0 Å². The number of nitrogens with one attached hydrogen (secondary N) is 2. The van der Waals surface area contributed by atoms with E-state index in [1.165, 1.54) is 19.3 Å². The average molecular weight is 618 g/mol. The summed E-state index contributed by atoms with van der Waals surface area (Å²) in [5, 5.41) is 8.80.